The molecule has 0 bridgehead atoms. The maximum Gasteiger partial charge on any atom is 0.313 e. The average molecular weight is 258 g/mol. The molecule has 17 heavy (non-hydrogen) atoms. The van der Waals surface area contributed by atoms with Gasteiger partial charge in [0.1, 0.15) is 6.61 Å². The molecule has 0 radical (unpaired) electrons. The van der Waals surface area contributed by atoms with Crippen LogP contribution in [0.4, 0.5) is 0 Å². The van der Waals surface area contributed by atoms with E-state index in [0.29, 0.717) is 0 Å². The Morgan fingerprint density at radius 3 is 2.35 bits per heavy atom. The summed E-state index contributed by atoms with van der Waals surface area (Å²) in [5.41, 5.74) is 6.23. The molecule has 1 aromatic rings. The number of nitrogens with two attached hydrogens (primary N) is 1. The Morgan fingerprint density at radius 2 is 1.88 bits per heavy atom. The second kappa shape index (κ2) is 6.62. The lowest BCUT2D eigenvalue weighted by molar-refractivity contribution is -0.146. The van der Waals surface area contributed by atoms with E-state index in [-0.39, 0.29) is 30.9 Å². The van der Waals surface area contributed by atoms with Gasteiger partial charge >= 0.3 is 5.97 Å². The molecule has 0 aromatic heterocycles. The number of carbonyl (C=O) groups excluding carboxylic acids is 1. The minimum absolute atomic E-state index is 0. The number of halogens is 1. The van der Waals surface area contributed by atoms with E-state index in [2.05, 4.69) is 0 Å². The van der Waals surface area contributed by atoms with Gasteiger partial charge < -0.3 is 10.5 Å². The summed E-state index contributed by atoms with van der Waals surface area (Å²) in [6.45, 7) is 5.73. The molecule has 0 heterocycles. The molecule has 96 valence electrons. The molecule has 2 N–H and O–H groups in total. The van der Waals surface area contributed by atoms with Gasteiger partial charge in [-0.2, -0.15) is 0 Å². The highest BCUT2D eigenvalue weighted by atomic mass is 35.5. The summed E-state index contributed by atoms with van der Waals surface area (Å²) >= 11 is 0. The topological polar surface area (TPSA) is 52.3 Å². The van der Waals surface area contributed by atoms with Crippen molar-refractivity contribution in [3.8, 4) is 0 Å². The van der Waals surface area contributed by atoms with Crippen LogP contribution in [0.5, 0.6) is 0 Å². The highest BCUT2D eigenvalue weighted by Crippen LogP contribution is 2.16. The van der Waals surface area contributed by atoms with Crippen LogP contribution in [-0.4, -0.2) is 18.1 Å². The lowest BCUT2D eigenvalue weighted by atomic mass is 10.0. The molecule has 0 aliphatic heterocycles. The molecule has 0 aliphatic carbocycles. The van der Waals surface area contributed by atoms with Gasteiger partial charge in [-0.1, -0.05) is 30.3 Å². The smallest absolute Gasteiger partial charge is 0.313 e. The van der Waals surface area contributed by atoms with Gasteiger partial charge in [-0.25, -0.2) is 0 Å². The molecule has 0 aliphatic rings. The van der Waals surface area contributed by atoms with Crippen LogP contribution in [0.3, 0.4) is 0 Å². The maximum absolute atomic E-state index is 11.7. The van der Waals surface area contributed by atoms with Gasteiger partial charge in [0.15, 0.2) is 0 Å². The molecule has 0 saturated carbocycles. The van der Waals surface area contributed by atoms with Gasteiger partial charge in [-0.05, 0) is 26.3 Å². The Kier molecular flexibility index (Phi) is 6.21. The number of ether oxygens (including phenoxy) is 1. The van der Waals surface area contributed by atoms with Crippen LogP contribution in [0.1, 0.15) is 32.3 Å². The van der Waals surface area contributed by atoms with Crippen LogP contribution in [0, 0.1) is 0 Å². The fourth-order valence-corrected chi connectivity index (χ4v) is 1.26. The van der Waals surface area contributed by atoms with Crippen LogP contribution < -0.4 is 5.73 Å². The summed E-state index contributed by atoms with van der Waals surface area (Å²) in [5, 5.41) is 0. The van der Waals surface area contributed by atoms with Gasteiger partial charge in [0.2, 0.25) is 0 Å². The first kappa shape index (κ1) is 15.9. The first-order chi connectivity index (χ1) is 7.40. The minimum Gasteiger partial charge on any atom is -0.463 e. The van der Waals surface area contributed by atoms with Crippen molar-refractivity contribution in [2.24, 2.45) is 5.73 Å². The Morgan fingerprint density at radius 1 is 1.35 bits per heavy atom. The third kappa shape index (κ3) is 5.71. The molecule has 1 rings (SSSR count). The van der Waals surface area contributed by atoms with Crippen LogP contribution >= 0.6 is 12.4 Å². The summed E-state index contributed by atoms with van der Waals surface area (Å²) in [4.78, 5) is 11.7. The molecule has 0 saturated heterocycles. The molecule has 0 spiro atoms. The summed E-state index contributed by atoms with van der Waals surface area (Å²) < 4.78 is 5.16. The monoisotopic (exact) mass is 257 g/mol. The second-order valence-electron chi connectivity index (χ2n) is 4.73. The molecule has 1 unspecified atom stereocenters. The Hall–Kier alpha value is -1.06. The van der Waals surface area contributed by atoms with Gasteiger partial charge in [0.05, 0.1) is 5.92 Å². The van der Waals surface area contributed by atoms with Crippen LogP contribution in [0.2, 0.25) is 0 Å². The highest BCUT2D eigenvalue weighted by molar-refractivity contribution is 5.85. The molecule has 4 heteroatoms. The van der Waals surface area contributed by atoms with Crippen LogP contribution in [0.25, 0.3) is 0 Å². The summed E-state index contributed by atoms with van der Waals surface area (Å²) in [6, 6.07) is 9.57. The third-order valence-electron chi connectivity index (χ3n) is 2.24. The highest BCUT2D eigenvalue weighted by Gasteiger charge is 2.19. The SMILES string of the molecule is CC(C(=O)OCC(C)(C)N)c1ccccc1.Cl. The zero-order valence-corrected chi connectivity index (χ0v) is 11.3. The lowest BCUT2D eigenvalue weighted by Crippen LogP contribution is -2.38. The fourth-order valence-electron chi connectivity index (χ4n) is 1.26. The molecule has 0 amide bonds. The molecule has 1 atom stereocenters. The summed E-state index contributed by atoms with van der Waals surface area (Å²) in [7, 11) is 0. The molecular formula is C13H20ClNO2. The Balaban J connectivity index is 0.00000256. The number of benzene rings is 1. The zero-order valence-electron chi connectivity index (χ0n) is 10.5. The van der Waals surface area contributed by atoms with E-state index < -0.39 is 5.54 Å². The van der Waals surface area contributed by atoms with E-state index in [1.807, 2.05) is 51.1 Å². The molecule has 1 aromatic carbocycles. The number of hydrogen-bond donors (Lipinski definition) is 1. The number of esters is 1. The molecule has 0 fully saturated rings. The maximum atomic E-state index is 11.7. The lowest BCUT2D eigenvalue weighted by Gasteiger charge is -2.20. The molecular weight excluding hydrogens is 238 g/mol. The first-order valence-corrected chi connectivity index (χ1v) is 5.40. The normalized spacial score (nSPS) is 12.5. The van der Waals surface area contributed by atoms with E-state index in [1.54, 1.807) is 0 Å². The number of hydrogen-bond acceptors (Lipinski definition) is 3. The zero-order chi connectivity index (χ0) is 12.2. The van der Waals surface area contributed by atoms with Crippen molar-refractivity contribution in [1.82, 2.24) is 0 Å². The summed E-state index contributed by atoms with van der Waals surface area (Å²) in [6.07, 6.45) is 0. The number of rotatable bonds is 4. The van der Waals surface area contributed by atoms with Crippen molar-refractivity contribution in [2.45, 2.75) is 32.2 Å². The average Bonchev–Trinajstić information content (AvgIpc) is 2.25. The van der Waals surface area contributed by atoms with E-state index in [1.165, 1.54) is 0 Å². The van der Waals surface area contributed by atoms with Crippen molar-refractivity contribution in [3.05, 3.63) is 35.9 Å². The van der Waals surface area contributed by atoms with Gasteiger partial charge in [-0.3, -0.25) is 4.79 Å². The minimum atomic E-state index is -0.480. The van der Waals surface area contributed by atoms with E-state index >= 15 is 0 Å². The second-order valence-corrected chi connectivity index (χ2v) is 4.73. The van der Waals surface area contributed by atoms with Crippen LogP contribution in [-0.2, 0) is 9.53 Å². The standard InChI is InChI=1S/C13H19NO2.ClH/c1-10(11-7-5-4-6-8-11)12(15)16-9-13(2,3)14;/h4-8,10H,9,14H2,1-3H3;1H. The van der Waals surface area contributed by atoms with E-state index in [9.17, 15) is 4.79 Å². The largest absolute Gasteiger partial charge is 0.463 e. The predicted molar refractivity (Wildman–Crippen MR) is 71.3 cm³/mol. The van der Waals surface area contributed by atoms with Crippen molar-refractivity contribution in [2.75, 3.05) is 6.61 Å². The Bertz CT molecular complexity index is 346. The van der Waals surface area contributed by atoms with Crippen LogP contribution in [0.15, 0.2) is 30.3 Å². The van der Waals surface area contributed by atoms with Crippen molar-refractivity contribution in [3.63, 3.8) is 0 Å². The predicted octanol–water partition coefficient (Wildman–Crippen LogP) is 2.49. The third-order valence-corrected chi connectivity index (χ3v) is 2.24. The summed E-state index contributed by atoms with van der Waals surface area (Å²) in [5.74, 6) is -0.478. The van der Waals surface area contributed by atoms with Crippen molar-refractivity contribution < 1.29 is 9.53 Å². The van der Waals surface area contributed by atoms with Crippen molar-refractivity contribution >= 4 is 18.4 Å². The van der Waals surface area contributed by atoms with E-state index in [0.717, 1.165) is 5.56 Å². The Labute approximate surface area is 109 Å². The first-order valence-electron chi connectivity index (χ1n) is 5.40. The van der Waals surface area contributed by atoms with Gasteiger partial charge in [-0.15, -0.1) is 12.4 Å². The quantitative estimate of drug-likeness (QED) is 0.844. The fraction of sp³-hybridized carbons (Fsp3) is 0.462. The van der Waals surface area contributed by atoms with Gasteiger partial charge in [0.25, 0.3) is 0 Å². The molecule has 3 nitrogen and oxygen atoms in total. The van der Waals surface area contributed by atoms with E-state index in [4.69, 9.17) is 10.5 Å². The number of carbonyl (C=O) groups is 1. The van der Waals surface area contributed by atoms with Gasteiger partial charge in [0, 0.05) is 5.54 Å². The van der Waals surface area contributed by atoms with Crippen molar-refractivity contribution in [1.29, 1.82) is 0 Å².